The highest BCUT2D eigenvalue weighted by Crippen LogP contribution is 2.32. The Morgan fingerprint density at radius 1 is 1.23 bits per heavy atom. The van der Waals surface area contributed by atoms with Crippen LogP contribution in [0.1, 0.15) is 44.2 Å². The molecule has 1 N–H and O–H groups in total. The quantitative estimate of drug-likeness (QED) is 0.850. The van der Waals surface area contributed by atoms with Crippen LogP contribution < -0.4 is 5.32 Å². The van der Waals surface area contributed by atoms with Crippen LogP contribution in [0, 0.1) is 0 Å². The first-order chi connectivity index (χ1) is 10.7. The summed E-state index contributed by atoms with van der Waals surface area (Å²) in [4.78, 5) is 28.0. The Morgan fingerprint density at radius 2 is 2.00 bits per heavy atom. The summed E-state index contributed by atoms with van der Waals surface area (Å²) in [5.74, 6) is -0.0782. The zero-order valence-electron chi connectivity index (χ0n) is 13.0. The Balaban J connectivity index is 1.70. The SMILES string of the molecule is CCC[C@H]1NC(=O)N(CN2CCC[C@@H]2c2ccccc2)C1=O. The third-order valence-corrected chi connectivity index (χ3v) is 4.56. The molecule has 5 heteroatoms. The average molecular weight is 301 g/mol. The number of imide groups is 1. The summed E-state index contributed by atoms with van der Waals surface area (Å²) >= 11 is 0. The number of benzene rings is 1. The zero-order chi connectivity index (χ0) is 15.5. The lowest BCUT2D eigenvalue weighted by atomic mass is 10.1. The van der Waals surface area contributed by atoms with Gasteiger partial charge >= 0.3 is 6.03 Å². The normalized spacial score (nSPS) is 25.8. The van der Waals surface area contributed by atoms with Crippen molar-refractivity contribution in [3.8, 4) is 0 Å². The molecule has 22 heavy (non-hydrogen) atoms. The van der Waals surface area contributed by atoms with E-state index in [9.17, 15) is 9.59 Å². The highest BCUT2D eigenvalue weighted by molar-refractivity contribution is 6.04. The summed E-state index contributed by atoms with van der Waals surface area (Å²) in [7, 11) is 0. The minimum atomic E-state index is -0.338. The van der Waals surface area contributed by atoms with Crippen LogP contribution in [-0.4, -0.2) is 41.0 Å². The Morgan fingerprint density at radius 3 is 2.73 bits per heavy atom. The highest BCUT2D eigenvalue weighted by Gasteiger charge is 2.39. The summed E-state index contributed by atoms with van der Waals surface area (Å²) in [5, 5.41) is 2.79. The Hall–Kier alpha value is -1.88. The van der Waals surface area contributed by atoms with Gasteiger partial charge in [-0.2, -0.15) is 0 Å². The van der Waals surface area contributed by atoms with Gasteiger partial charge < -0.3 is 5.32 Å². The lowest BCUT2D eigenvalue weighted by Gasteiger charge is -2.28. The van der Waals surface area contributed by atoms with Crippen LogP contribution in [0.5, 0.6) is 0 Å². The number of hydrogen-bond acceptors (Lipinski definition) is 3. The standard InChI is InChI=1S/C17H23N3O2/c1-2-7-14-16(21)20(17(22)18-14)12-19-11-6-10-15(19)13-8-4-3-5-9-13/h3-5,8-9,14-15H,2,6-7,10-12H2,1H3,(H,18,22)/t14-,15-/m1/s1. The maximum atomic E-state index is 12.4. The zero-order valence-corrected chi connectivity index (χ0v) is 13.0. The number of likely N-dealkylation sites (tertiary alicyclic amines) is 1. The largest absolute Gasteiger partial charge is 0.326 e. The fourth-order valence-electron chi connectivity index (χ4n) is 3.42. The Labute approximate surface area is 131 Å². The van der Waals surface area contributed by atoms with Crippen LogP contribution in [0.3, 0.4) is 0 Å². The maximum absolute atomic E-state index is 12.4. The first-order valence-corrected chi connectivity index (χ1v) is 8.11. The number of nitrogens with zero attached hydrogens (tertiary/aromatic N) is 2. The smallest absolute Gasteiger partial charge is 0.325 e. The lowest BCUT2D eigenvalue weighted by Crippen LogP contribution is -2.41. The molecule has 1 aromatic rings. The number of hydrogen-bond donors (Lipinski definition) is 1. The molecule has 5 nitrogen and oxygen atoms in total. The molecule has 2 atom stereocenters. The third-order valence-electron chi connectivity index (χ3n) is 4.56. The van der Waals surface area contributed by atoms with E-state index in [0.29, 0.717) is 19.1 Å². The summed E-state index contributed by atoms with van der Waals surface area (Å²) in [6, 6.07) is 10.0. The number of carbonyl (C=O) groups excluding carboxylic acids is 2. The van der Waals surface area contributed by atoms with Crippen molar-refractivity contribution in [3.05, 3.63) is 35.9 Å². The minimum absolute atomic E-state index is 0.0782. The van der Waals surface area contributed by atoms with Crippen molar-refractivity contribution < 1.29 is 9.59 Å². The molecule has 118 valence electrons. The van der Waals surface area contributed by atoms with Crippen LogP contribution in [-0.2, 0) is 4.79 Å². The van der Waals surface area contributed by atoms with Gasteiger partial charge in [-0.05, 0) is 24.8 Å². The molecule has 0 aromatic heterocycles. The second-order valence-electron chi connectivity index (χ2n) is 6.08. The van der Waals surface area contributed by atoms with Crippen LogP contribution >= 0.6 is 0 Å². The second-order valence-corrected chi connectivity index (χ2v) is 6.08. The van der Waals surface area contributed by atoms with Crippen LogP contribution in [0.2, 0.25) is 0 Å². The monoisotopic (exact) mass is 301 g/mol. The van der Waals surface area contributed by atoms with Crippen LogP contribution in [0.25, 0.3) is 0 Å². The number of amides is 3. The summed E-state index contributed by atoms with van der Waals surface area (Å²) in [5.41, 5.74) is 1.26. The molecule has 0 saturated carbocycles. The van der Waals surface area contributed by atoms with E-state index in [1.165, 1.54) is 10.5 Å². The Bertz CT molecular complexity index is 546. The molecule has 0 radical (unpaired) electrons. The van der Waals surface area contributed by atoms with Crippen molar-refractivity contribution in [2.75, 3.05) is 13.2 Å². The van der Waals surface area contributed by atoms with Gasteiger partial charge in [0.1, 0.15) is 6.04 Å². The van der Waals surface area contributed by atoms with E-state index in [1.54, 1.807) is 0 Å². The third kappa shape index (κ3) is 2.86. The molecule has 3 amide bonds. The number of nitrogens with one attached hydrogen (secondary N) is 1. The van der Waals surface area contributed by atoms with Crippen LogP contribution in [0.4, 0.5) is 4.79 Å². The number of urea groups is 1. The minimum Gasteiger partial charge on any atom is -0.326 e. The van der Waals surface area contributed by atoms with Crippen molar-refractivity contribution in [1.82, 2.24) is 15.1 Å². The molecular formula is C17H23N3O2. The molecule has 3 rings (SSSR count). The first kappa shape index (κ1) is 15.0. The van der Waals surface area contributed by atoms with Gasteiger partial charge in [-0.15, -0.1) is 0 Å². The average Bonchev–Trinajstić information content (AvgIpc) is 3.09. The van der Waals surface area contributed by atoms with Gasteiger partial charge in [-0.3, -0.25) is 9.69 Å². The van der Waals surface area contributed by atoms with E-state index in [4.69, 9.17) is 0 Å². The maximum Gasteiger partial charge on any atom is 0.325 e. The fourth-order valence-corrected chi connectivity index (χ4v) is 3.42. The second kappa shape index (κ2) is 6.48. The van der Waals surface area contributed by atoms with Gasteiger partial charge in [0.15, 0.2) is 0 Å². The van der Waals surface area contributed by atoms with Crippen LogP contribution in [0.15, 0.2) is 30.3 Å². The number of rotatable bonds is 5. The Kier molecular flexibility index (Phi) is 4.43. The molecular weight excluding hydrogens is 278 g/mol. The molecule has 0 aliphatic carbocycles. The van der Waals surface area contributed by atoms with Gasteiger partial charge in [0.2, 0.25) is 0 Å². The predicted molar refractivity (Wildman–Crippen MR) is 84.1 cm³/mol. The first-order valence-electron chi connectivity index (χ1n) is 8.11. The molecule has 0 spiro atoms. The topological polar surface area (TPSA) is 52.7 Å². The van der Waals surface area contributed by atoms with Crippen molar-refractivity contribution in [2.45, 2.75) is 44.7 Å². The summed E-state index contributed by atoms with van der Waals surface area (Å²) in [6.07, 6.45) is 3.78. The molecule has 1 aromatic carbocycles. The fraction of sp³-hybridized carbons (Fsp3) is 0.529. The van der Waals surface area contributed by atoms with E-state index < -0.39 is 0 Å². The van der Waals surface area contributed by atoms with Gasteiger partial charge in [0, 0.05) is 12.6 Å². The van der Waals surface area contributed by atoms with Gasteiger partial charge in [-0.1, -0.05) is 43.7 Å². The van der Waals surface area contributed by atoms with Crippen molar-refractivity contribution in [2.24, 2.45) is 0 Å². The van der Waals surface area contributed by atoms with Gasteiger partial charge in [0.05, 0.1) is 6.67 Å². The molecule has 2 fully saturated rings. The molecule has 2 aliphatic heterocycles. The van der Waals surface area contributed by atoms with Gasteiger partial charge in [-0.25, -0.2) is 9.69 Å². The molecule has 0 unspecified atom stereocenters. The molecule has 2 aliphatic rings. The van der Waals surface area contributed by atoms with E-state index in [2.05, 4.69) is 22.3 Å². The van der Waals surface area contributed by atoms with Crippen molar-refractivity contribution >= 4 is 11.9 Å². The summed E-state index contributed by atoms with van der Waals surface area (Å²) < 4.78 is 0. The van der Waals surface area contributed by atoms with E-state index in [-0.39, 0.29) is 18.0 Å². The number of carbonyl (C=O) groups is 2. The van der Waals surface area contributed by atoms with Crippen molar-refractivity contribution in [1.29, 1.82) is 0 Å². The van der Waals surface area contributed by atoms with Gasteiger partial charge in [0.25, 0.3) is 5.91 Å². The van der Waals surface area contributed by atoms with Crippen molar-refractivity contribution in [3.63, 3.8) is 0 Å². The predicted octanol–water partition coefficient (Wildman–Crippen LogP) is 2.50. The summed E-state index contributed by atoms with van der Waals surface area (Å²) in [6.45, 7) is 3.34. The van der Waals surface area contributed by atoms with E-state index in [1.807, 2.05) is 25.1 Å². The van der Waals surface area contributed by atoms with E-state index in [0.717, 1.165) is 25.8 Å². The van der Waals surface area contributed by atoms with E-state index >= 15 is 0 Å². The lowest BCUT2D eigenvalue weighted by molar-refractivity contribution is -0.129. The molecule has 2 saturated heterocycles. The molecule has 0 bridgehead atoms. The molecule has 2 heterocycles. The highest BCUT2D eigenvalue weighted by atomic mass is 16.2.